The monoisotopic (exact) mass is 831 g/mol. The number of hydrogen-bond donors (Lipinski definition) is 0. The molecule has 2 atom stereocenters. The summed E-state index contributed by atoms with van der Waals surface area (Å²) < 4.78 is 83.1. The number of benzene rings is 2. The number of nitrogens with zero attached hydrogens (tertiary/aromatic N) is 3. The summed E-state index contributed by atoms with van der Waals surface area (Å²) in [7, 11) is -4.34. The van der Waals surface area contributed by atoms with E-state index in [1.165, 1.54) is 42.5 Å². The van der Waals surface area contributed by atoms with Crippen molar-refractivity contribution < 1.29 is 55.2 Å². The zero-order chi connectivity index (χ0) is 38.4. The molecular formula is C35H37Cl2F2N3O10S2. The third-order valence-corrected chi connectivity index (χ3v) is 12.7. The average Bonchev–Trinajstić information content (AvgIpc) is 3.83. The van der Waals surface area contributed by atoms with Crippen molar-refractivity contribution in [2.75, 3.05) is 58.4 Å². The molecule has 3 aromatic rings. The van der Waals surface area contributed by atoms with Gasteiger partial charge < -0.3 is 28.9 Å². The van der Waals surface area contributed by atoms with E-state index in [1.54, 1.807) is 0 Å². The zero-order valence-electron chi connectivity index (χ0n) is 28.7. The Hall–Kier alpha value is -3.45. The van der Waals surface area contributed by atoms with Gasteiger partial charge in [0.25, 0.3) is 0 Å². The number of carbonyl (C=O) groups excluding carboxylic acids is 2. The predicted molar refractivity (Wildman–Crippen MR) is 193 cm³/mol. The molecule has 0 N–H and O–H groups in total. The number of carbonyl (C=O) groups is 2. The van der Waals surface area contributed by atoms with Gasteiger partial charge in [0.1, 0.15) is 22.8 Å². The van der Waals surface area contributed by atoms with Gasteiger partial charge in [-0.2, -0.15) is 17.8 Å². The van der Waals surface area contributed by atoms with Crippen LogP contribution in [0.25, 0.3) is 0 Å². The summed E-state index contributed by atoms with van der Waals surface area (Å²) >= 11 is 13.8. The van der Waals surface area contributed by atoms with Crippen LogP contribution in [0.3, 0.4) is 0 Å². The Balaban J connectivity index is 1.22. The number of morpholine rings is 1. The highest BCUT2D eigenvalue weighted by molar-refractivity contribution is 8.02. The number of sulfonamides is 1. The molecule has 1 aliphatic carbocycles. The van der Waals surface area contributed by atoms with Crippen LogP contribution in [0.2, 0.25) is 10.0 Å². The summed E-state index contributed by atoms with van der Waals surface area (Å²) in [6.07, 6.45) is 2.61. The fraction of sp³-hybridized carbons (Fsp3) is 0.457. The molecule has 2 saturated heterocycles. The topological polar surface area (TPSA) is 148 Å². The Morgan fingerprint density at radius 2 is 1.78 bits per heavy atom. The molecule has 3 fully saturated rings. The van der Waals surface area contributed by atoms with Gasteiger partial charge in [-0.15, -0.1) is 11.8 Å². The van der Waals surface area contributed by atoms with Crippen LogP contribution in [0.5, 0.6) is 11.5 Å². The van der Waals surface area contributed by atoms with E-state index in [0.717, 1.165) is 54.4 Å². The smallest absolute Gasteiger partial charge is 0.387 e. The molecule has 1 saturated carbocycles. The summed E-state index contributed by atoms with van der Waals surface area (Å²) in [4.78, 5) is 28.7. The van der Waals surface area contributed by atoms with Crippen LogP contribution >= 0.6 is 35.0 Å². The second-order valence-electron chi connectivity index (χ2n) is 12.7. The first-order valence-electron chi connectivity index (χ1n) is 17.1. The van der Waals surface area contributed by atoms with E-state index in [-0.39, 0.29) is 81.0 Å². The molecule has 1 aromatic heterocycles. The standard InChI is InChI=1S/C35H37Cl2F2N3O10S2/c36-27-19-41(45)20-28(37)26(27)18-30(23-6-7-29(52-35(38)39)31(17-23)50-21-22-4-5-22)51-34(44)32-42(11-15-53-32)54(46,47)25-3-1-2-24(16-25)33(43)49-14-10-40-8-12-48-13-9-40/h1-3,6-7,16-17,19-20,22,30,32,35H,4-5,8-15,18,21H2/t30-,32+/m0/s1. The zero-order valence-corrected chi connectivity index (χ0v) is 31.9. The molecule has 3 aliphatic rings. The van der Waals surface area contributed by atoms with Crippen LogP contribution in [0.15, 0.2) is 59.8 Å². The van der Waals surface area contributed by atoms with Gasteiger partial charge in [-0.1, -0.05) is 35.3 Å². The predicted octanol–water partition coefficient (Wildman–Crippen LogP) is 5.10. The molecule has 0 spiro atoms. The molecule has 0 amide bonds. The molecule has 54 heavy (non-hydrogen) atoms. The van der Waals surface area contributed by atoms with Crippen molar-refractivity contribution in [2.24, 2.45) is 5.92 Å². The number of alkyl halides is 2. The lowest BCUT2D eigenvalue weighted by atomic mass is 10.0. The van der Waals surface area contributed by atoms with E-state index >= 15 is 0 Å². The highest BCUT2D eigenvalue weighted by Gasteiger charge is 2.42. The molecule has 292 valence electrons. The third kappa shape index (κ3) is 10.2. The summed E-state index contributed by atoms with van der Waals surface area (Å²) in [5.41, 5.74) is 0.548. The minimum Gasteiger partial charge on any atom is -0.619 e. The molecule has 6 rings (SSSR count). The number of rotatable bonds is 16. The summed E-state index contributed by atoms with van der Waals surface area (Å²) in [5, 5.41) is 10.6. The van der Waals surface area contributed by atoms with Crippen LogP contribution in [-0.2, 0) is 35.4 Å². The highest BCUT2D eigenvalue weighted by Crippen LogP contribution is 2.39. The van der Waals surface area contributed by atoms with E-state index in [0.29, 0.717) is 24.5 Å². The first-order chi connectivity index (χ1) is 25.9. The van der Waals surface area contributed by atoms with E-state index < -0.39 is 40.1 Å². The van der Waals surface area contributed by atoms with Gasteiger partial charge in [-0.25, -0.2) is 18.0 Å². The van der Waals surface area contributed by atoms with Gasteiger partial charge in [0.15, 0.2) is 29.3 Å². The normalized spacial score (nSPS) is 18.7. The van der Waals surface area contributed by atoms with Crippen molar-refractivity contribution in [3.63, 3.8) is 0 Å². The molecule has 2 aliphatic heterocycles. The third-order valence-electron chi connectivity index (χ3n) is 8.90. The SMILES string of the molecule is O=C(OCCN1CCOCC1)c1cccc(S(=O)(=O)N2CCS[C@@H]2C(=O)O[C@@H](Cc2c(Cl)c[n+]([O-])cc2Cl)c2ccc(OC(F)F)c(OCC3CC3)c2)c1. The number of esters is 2. The van der Waals surface area contributed by atoms with Crippen LogP contribution < -0.4 is 14.2 Å². The van der Waals surface area contributed by atoms with E-state index in [9.17, 15) is 32.0 Å². The van der Waals surface area contributed by atoms with Gasteiger partial charge in [0.05, 0.1) is 30.3 Å². The molecule has 0 unspecified atom stereocenters. The van der Waals surface area contributed by atoms with Crippen LogP contribution in [0.4, 0.5) is 8.78 Å². The molecule has 0 bridgehead atoms. The van der Waals surface area contributed by atoms with E-state index in [4.69, 9.17) is 42.1 Å². The molecular weight excluding hydrogens is 795 g/mol. The molecule has 2 aromatic carbocycles. The number of aromatic nitrogens is 1. The molecule has 13 nitrogen and oxygen atoms in total. The Morgan fingerprint density at radius 3 is 2.48 bits per heavy atom. The Bertz CT molecular complexity index is 1910. The van der Waals surface area contributed by atoms with Gasteiger partial charge in [-0.3, -0.25) is 4.90 Å². The fourth-order valence-electron chi connectivity index (χ4n) is 5.84. The number of hydrogen-bond acceptors (Lipinski definition) is 12. The highest BCUT2D eigenvalue weighted by atomic mass is 35.5. The van der Waals surface area contributed by atoms with Gasteiger partial charge >= 0.3 is 18.6 Å². The quantitative estimate of drug-likeness (QED) is 0.108. The molecule has 19 heteroatoms. The Kier molecular flexibility index (Phi) is 13.4. The van der Waals surface area contributed by atoms with Crippen molar-refractivity contribution in [1.82, 2.24) is 9.21 Å². The maximum absolute atomic E-state index is 14.0. The first kappa shape index (κ1) is 40.2. The molecule has 3 heterocycles. The van der Waals surface area contributed by atoms with Crippen molar-refractivity contribution in [3.05, 3.63) is 86.8 Å². The van der Waals surface area contributed by atoms with E-state index in [2.05, 4.69) is 9.64 Å². The van der Waals surface area contributed by atoms with Crippen molar-refractivity contribution in [1.29, 1.82) is 0 Å². The van der Waals surface area contributed by atoms with Crippen molar-refractivity contribution in [3.8, 4) is 11.5 Å². The number of thioether (sulfide) groups is 1. The summed E-state index contributed by atoms with van der Waals surface area (Å²) in [5.74, 6) is -1.34. The maximum atomic E-state index is 14.0. The lowest BCUT2D eigenvalue weighted by molar-refractivity contribution is -0.605. The largest absolute Gasteiger partial charge is 0.619 e. The van der Waals surface area contributed by atoms with Crippen molar-refractivity contribution >= 4 is 56.9 Å². The molecule has 0 radical (unpaired) electrons. The average molecular weight is 833 g/mol. The second-order valence-corrected chi connectivity index (χ2v) is 16.6. The lowest BCUT2D eigenvalue weighted by Crippen LogP contribution is -2.40. The van der Waals surface area contributed by atoms with Crippen LogP contribution in [-0.4, -0.2) is 99.9 Å². The second kappa shape index (κ2) is 18.0. The summed E-state index contributed by atoms with van der Waals surface area (Å²) in [6, 6.07) is 9.45. The van der Waals surface area contributed by atoms with Gasteiger partial charge in [0, 0.05) is 43.9 Å². The number of ether oxygens (including phenoxy) is 5. The maximum Gasteiger partial charge on any atom is 0.387 e. The van der Waals surface area contributed by atoms with E-state index in [1.807, 2.05) is 0 Å². The van der Waals surface area contributed by atoms with Crippen LogP contribution in [0.1, 0.15) is 40.4 Å². The number of halogens is 4. The Labute approximate surface area is 325 Å². The first-order valence-corrected chi connectivity index (χ1v) is 20.3. The number of pyridine rings is 1. The minimum atomic E-state index is -4.34. The minimum absolute atomic E-state index is 0.0117. The lowest BCUT2D eigenvalue weighted by Gasteiger charge is -2.26. The fourth-order valence-corrected chi connectivity index (χ4v) is 9.53. The van der Waals surface area contributed by atoms with Crippen LogP contribution in [0, 0.1) is 11.1 Å². The van der Waals surface area contributed by atoms with Gasteiger partial charge in [-0.05, 0) is 54.7 Å². The van der Waals surface area contributed by atoms with Crippen molar-refractivity contribution in [2.45, 2.75) is 42.2 Å². The summed E-state index contributed by atoms with van der Waals surface area (Å²) in [6.45, 7) is 0.335. The van der Waals surface area contributed by atoms with Gasteiger partial charge in [0.2, 0.25) is 10.0 Å². The Morgan fingerprint density at radius 1 is 1.04 bits per heavy atom.